The van der Waals surface area contributed by atoms with Crippen LogP contribution in [0.25, 0.3) is 10.1 Å². The maximum absolute atomic E-state index is 11.5. The highest BCUT2D eigenvalue weighted by Crippen LogP contribution is 2.32. The Morgan fingerprint density at radius 1 is 1.25 bits per heavy atom. The molecule has 3 nitrogen and oxygen atoms in total. The van der Waals surface area contributed by atoms with Gasteiger partial charge in [-0.1, -0.05) is 0 Å². The van der Waals surface area contributed by atoms with E-state index in [4.69, 9.17) is 9.47 Å². The molecule has 0 fully saturated rings. The standard InChI is InChI=1S/C12H12O3S/c1-7-4-8-5-9(12(13)15-3)10(14-2)6-11(8)16-7/h4-6H,1-3H3. The number of methoxy groups -OCH3 is 2. The van der Waals surface area contributed by atoms with Crippen LogP contribution in [0.1, 0.15) is 15.2 Å². The number of rotatable bonds is 2. The number of thiophene rings is 1. The van der Waals surface area contributed by atoms with E-state index in [1.165, 1.54) is 12.0 Å². The summed E-state index contributed by atoms with van der Waals surface area (Å²) in [6, 6.07) is 5.73. The fourth-order valence-corrected chi connectivity index (χ4v) is 2.57. The molecule has 1 heterocycles. The highest BCUT2D eigenvalue weighted by Gasteiger charge is 2.14. The Hall–Kier alpha value is -1.55. The van der Waals surface area contributed by atoms with E-state index in [9.17, 15) is 4.79 Å². The smallest absolute Gasteiger partial charge is 0.341 e. The monoisotopic (exact) mass is 236 g/mol. The minimum Gasteiger partial charge on any atom is -0.496 e. The fraction of sp³-hybridized carbons (Fsp3) is 0.250. The molecule has 4 heteroatoms. The minimum atomic E-state index is -0.373. The van der Waals surface area contributed by atoms with Crippen LogP contribution in [0.3, 0.4) is 0 Å². The van der Waals surface area contributed by atoms with E-state index in [-0.39, 0.29) is 5.97 Å². The number of hydrogen-bond donors (Lipinski definition) is 0. The van der Waals surface area contributed by atoms with Crippen molar-refractivity contribution in [2.75, 3.05) is 14.2 Å². The molecule has 84 valence electrons. The van der Waals surface area contributed by atoms with Crippen molar-refractivity contribution in [3.8, 4) is 5.75 Å². The predicted octanol–water partition coefficient (Wildman–Crippen LogP) is 3.00. The zero-order chi connectivity index (χ0) is 11.7. The van der Waals surface area contributed by atoms with E-state index in [1.807, 2.05) is 25.1 Å². The number of carbonyl (C=O) groups excluding carboxylic acids is 1. The number of carbonyl (C=O) groups is 1. The van der Waals surface area contributed by atoms with Gasteiger partial charge in [-0.15, -0.1) is 11.3 Å². The third-order valence-corrected chi connectivity index (χ3v) is 3.38. The molecule has 0 unspecified atom stereocenters. The first-order chi connectivity index (χ1) is 7.65. The maximum Gasteiger partial charge on any atom is 0.341 e. The third kappa shape index (κ3) is 1.76. The van der Waals surface area contributed by atoms with Gasteiger partial charge in [0.2, 0.25) is 0 Å². The third-order valence-electron chi connectivity index (χ3n) is 2.37. The molecule has 0 atom stereocenters. The molecule has 16 heavy (non-hydrogen) atoms. The first-order valence-electron chi connectivity index (χ1n) is 4.82. The molecule has 0 saturated carbocycles. The minimum absolute atomic E-state index is 0.373. The zero-order valence-electron chi connectivity index (χ0n) is 9.37. The molecule has 0 aliphatic heterocycles. The van der Waals surface area contributed by atoms with Crippen molar-refractivity contribution in [3.05, 3.63) is 28.6 Å². The molecule has 1 aromatic carbocycles. The average molecular weight is 236 g/mol. The lowest BCUT2D eigenvalue weighted by Gasteiger charge is -2.06. The van der Waals surface area contributed by atoms with Gasteiger partial charge < -0.3 is 9.47 Å². The van der Waals surface area contributed by atoms with Crippen molar-refractivity contribution in [1.29, 1.82) is 0 Å². The van der Waals surface area contributed by atoms with Gasteiger partial charge in [0.15, 0.2) is 0 Å². The topological polar surface area (TPSA) is 35.5 Å². The van der Waals surface area contributed by atoms with Crippen LogP contribution in [-0.4, -0.2) is 20.2 Å². The van der Waals surface area contributed by atoms with Gasteiger partial charge in [0.25, 0.3) is 0 Å². The maximum atomic E-state index is 11.5. The van der Waals surface area contributed by atoms with Gasteiger partial charge in [0, 0.05) is 9.58 Å². The Bertz CT molecular complexity index is 542. The Kier molecular flexibility index (Phi) is 2.83. The summed E-state index contributed by atoms with van der Waals surface area (Å²) in [5.74, 6) is 0.184. The molecule has 0 bridgehead atoms. The van der Waals surface area contributed by atoms with Crippen LogP contribution in [0.15, 0.2) is 18.2 Å². The molecular formula is C12H12O3S. The van der Waals surface area contributed by atoms with Crippen LogP contribution in [-0.2, 0) is 4.74 Å². The first-order valence-corrected chi connectivity index (χ1v) is 5.64. The van der Waals surface area contributed by atoms with Crippen molar-refractivity contribution in [2.45, 2.75) is 6.92 Å². The van der Waals surface area contributed by atoms with E-state index in [0.717, 1.165) is 10.1 Å². The Morgan fingerprint density at radius 3 is 2.62 bits per heavy atom. The van der Waals surface area contributed by atoms with Crippen molar-refractivity contribution in [1.82, 2.24) is 0 Å². The van der Waals surface area contributed by atoms with Crippen molar-refractivity contribution in [3.63, 3.8) is 0 Å². The van der Waals surface area contributed by atoms with Crippen LogP contribution in [0.4, 0.5) is 0 Å². The largest absolute Gasteiger partial charge is 0.496 e. The summed E-state index contributed by atoms with van der Waals surface area (Å²) in [5, 5.41) is 1.05. The van der Waals surface area contributed by atoms with Gasteiger partial charge in [0.1, 0.15) is 11.3 Å². The normalized spacial score (nSPS) is 10.4. The summed E-state index contributed by atoms with van der Waals surface area (Å²) in [6.07, 6.45) is 0. The van der Waals surface area contributed by atoms with Gasteiger partial charge in [0.05, 0.1) is 14.2 Å². The molecule has 0 aliphatic rings. The molecule has 0 saturated heterocycles. The van der Waals surface area contributed by atoms with E-state index < -0.39 is 0 Å². The number of aryl methyl sites for hydroxylation is 1. The summed E-state index contributed by atoms with van der Waals surface area (Å²) < 4.78 is 11.0. The van der Waals surface area contributed by atoms with Gasteiger partial charge in [-0.05, 0) is 30.5 Å². The van der Waals surface area contributed by atoms with Crippen molar-refractivity contribution < 1.29 is 14.3 Å². The molecular weight excluding hydrogens is 224 g/mol. The summed E-state index contributed by atoms with van der Waals surface area (Å²) in [5.41, 5.74) is 0.468. The predicted molar refractivity (Wildman–Crippen MR) is 64.5 cm³/mol. The van der Waals surface area contributed by atoms with E-state index >= 15 is 0 Å². The van der Waals surface area contributed by atoms with E-state index in [0.29, 0.717) is 11.3 Å². The number of fused-ring (bicyclic) bond motifs is 1. The molecule has 2 rings (SSSR count). The second kappa shape index (κ2) is 4.14. The Balaban J connectivity index is 2.66. The summed E-state index contributed by atoms with van der Waals surface area (Å²) in [6.45, 7) is 2.04. The second-order valence-electron chi connectivity index (χ2n) is 3.44. The molecule has 0 amide bonds. The van der Waals surface area contributed by atoms with Crippen LogP contribution >= 0.6 is 11.3 Å². The van der Waals surface area contributed by atoms with Gasteiger partial charge in [-0.2, -0.15) is 0 Å². The molecule has 0 spiro atoms. The number of ether oxygens (including phenoxy) is 2. The van der Waals surface area contributed by atoms with Crippen LogP contribution < -0.4 is 4.74 Å². The summed E-state index contributed by atoms with van der Waals surface area (Å²) in [7, 11) is 2.92. The highest BCUT2D eigenvalue weighted by molar-refractivity contribution is 7.19. The molecule has 0 radical (unpaired) electrons. The van der Waals surface area contributed by atoms with Crippen molar-refractivity contribution >= 4 is 27.4 Å². The van der Waals surface area contributed by atoms with Crippen LogP contribution in [0.2, 0.25) is 0 Å². The zero-order valence-corrected chi connectivity index (χ0v) is 10.2. The lowest BCUT2D eigenvalue weighted by atomic mass is 10.1. The highest BCUT2D eigenvalue weighted by atomic mass is 32.1. The Morgan fingerprint density at radius 2 is 2.00 bits per heavy atom. The van der Waals surface area contributed by atoms with Crippen molar-refractivity contribution in [2.24, 2.45) is 0 Å². The van der Waals surface area contributed by atoms with E-state index in [2.05, 4.69) is 0 Å². The first kappa shape index (κ1) is 11.0. The average Bonchev–Trinajstić information content (AvgIpc) is 2.65. The molecule has 2 aromatic rings. The number of benzene rings is 1. The lowest BCUT2D eigenvalue weighted by molar-refractivity contribution is 0.0597. The van der Waals surface area contributed by atoms with Crippen LogP contribution in [0, 0.1) is 6.92 Å². The van der Waals surface area contributed by atoms with E-state index in [1.54, 1.807) is 18.4 Å². The number of hydrogen-bond acceptors (Lipinski definition) is 4. The van der Waals surface area contributed by atoms with Gasteiger partial charge >= 0.3 is 5.97 Å². The second-order valence-corrected chi connectivity index (χ2v) is 4.73. The molecule has 1 aromatic heterocycles. The lowest BCUT2D eigenvalue weighted by Crippen LogP contribution is -2.03. The summed E-state index contributed by atoms with van der Waals surface area (Å²) >= 11 is 1.68. The molecule has 0 N–H and O–H groups in total. The Labute approximate surface area is 97.6 Å². The SMILES string of the molecule is COC(=O)c1cc2cc(C)sc2cc1OC. The van der Waals surface area contributed by atoms with Gasteiger partial charge in [-0.3, -0.25) is 0 Å². The van der Waals surface area contributed by atoms with Crippen LogP contribution in [0.5, 0.6) is 5.75 Å². The summed E-state index contributed by atoms with van der Waals surface area (Å²) in [4.78, 5) is 12.8. The fourth-order valence-electron chi connectivity index (χ4n) is 1.64. The molecule has 0 aliphatic carbocycles. The quantitative estimate of drug-likeness (QED) is 0.752. The van der Waals surface area contributed by atoms with Gasteiger partial charge in [-0.25, -0.2) is 4.79 Å². The number of esters is 1.